The van der Waals surface area contributed by atoms with Crippen molar-refractivity contribution < 1.29 is 4.79 Å². The summed E-state index contributed by atoms with van der Waals surface area (Å²) >= 11 is 0. The summed E-state index contributed by atoms with van der Waals surface area (Å²) in [5.74, 6) is 1.65. The van der Waals surface area contributed by atoms with Crippen LogP contribution >= 0.6 is 0 Å². The van der Waals surface area contributed by atoms with Gasteiger partial charge in [0.15, 0.2) is 0 Å². The van der Waals surface area contributed by atoms with Crippen molar-refractivity contribution in [2.24, 2.45) is 11.8 Å². The molecule has 0 N–H and O–H groups in total. The van der Waals surface area contributed by atoms with Gasteiger partial charge in [-0.1, -0.05) is 19.9 Å². The van der Waals surface area contributed by atoms with Gasteiger partial charge in [0.2, 0.25) is 6.41 Å². The number of anilines is 1. The third-order valence-electron chi connectivity index (χ3n) is 6.86. The molecule has 1 aromatic rings. The first-order chi connectivity index (χ1) is 11.0. The highest BCUT2D eigenvalue weighted by atomic mass is 16.1. The Bertz CT molecular complexity index is 624. The van der Waals surface area contributed by atoms with Gasteiger partial charge in [-0.3, -0.25) is 9.69 Å². The summed E-state index contributed by atoms with van der Waals surface area (Å²) in [6.07, 6.45) is 6.18. The lowest BCUT2D eigenvalue weighted by molar-refractivity contribution is -0.107. The molecular formula is C20H28N2O. The quantitative estimate of drug-likeness (QED) is 0.797. The summed E-state index contributed by atoms with van der Waals surface area (Å²) in [5, 5.41) is 0. The molecule has 1 heterocycles. The molecule has 0 spiro atoms. The molecule has 0 radical (unpaired) electrons. The van der Waals surface area contributed by atoms with E-state index in [1.165, 1.54) is 49.9 Å². The van der Waals surface area contributed by atoms with Gasteiger partial charge in [-0.05, 0) is 72.7 Å². The van der Waals surface area contributed by atoms with Gasteiger partial charge in [0.05, 0.1) is 0 Å². The topological polar surface area (TPSA) is 23.6 Å². The molecule has 1 unspecified atom stereocenters. The Hall–Kier alpha value is -1.35. The fourth-order valence-corrected chi connectivity index (χ4v) is 4.83. The molecule has 1 saturated heterocycles. The second kappa shape index (κ2) is 5.34. The van der Waals surface area contributed by atoms with Crippen molar-refractivity contribution in [1.29, 1.82) is 0 Å². The van der Waals surface area contributed by atoms with Crippen LogP contribution < -0.4 is 4.90 Å². The van der Waals surface area contributed by atoms with Gasteiger partial charge in [0, 0.05) is 25.3 Å². The maximum absolute atomic E-state index is 11.1. The first-order valence-corrected chi connectivity index (χ1v) is 9.08. The standard InChI is InChI=1S/C20H28N2O/c1-14-19-10-16-6-7-17(21(3)13-23)11-18(16)20(14,2)8-9-22(19)12-15-4-5-15/h6-7,11,13-15,19H,4-5,8-10,12H2,1-3H3/t14-,19?,20-/m0/s1. The summed E-state index contributed by atoms with van der Waals surface area (Å²) in [6.45, 7) is 7.44. The fraction of sp³-hybridized carbons (Fsp3) is 0.650. The lowest BCUT2D eigenvalue weighted by Gasteiger charge is -2.55. The van der Waals surface area contributed by atoms with E-state index in [1.807, 2.05) is 7.05 Å². The monoisotopic (exact) mass is 312 g/mol. The second-order valence-electron chi connectivity index (χ2n) is 8.22. The molecule has 1 amide bonds. The minimum atomic E-state index is 0.248. The molecule has 124 valence electrons. The van der Waals surface area contributed by atoms with Crippen LogP contribution in [-0.2, 0) is 16.6 Å². The number of fused-ring (bicyclic) bond motifs is 4. The lowest BCUT2D eigenvalue weighted by atomic mass is 9.59. The van der Waals surface area contributed by atoms with Gasteiger partial charge in [0.25, 0.3) is 0 Å². The summed E-state index contributed by atoms with van der Waals surface area (Å²) in [6, 6.07) is 7.33. The predicted octanol–water partition coefficient (Wildman–Crippen LogP) is 3.21. The van der Waals surface area contributed by atoms with Gasteiger partial charge >= 0.3 is 0 Å². The number of hydrogen-bond donors (Lipinski definition) is 0. The first kappa shape index (κ1) is 15.2. The van der Waals surface area contributed by atoms with Crippen molar-refractivity contribution in [3.63, 3.8) is 0 Å². The zero-order valence-electron chi connectivity index (χ0n) is 14.6. The maximum atomic E-state index is 11.1. The molecule has 2 aliphatic carbocycles. The SMILES string of the molecule is C[C@H]1C2Cc3ccc(N(C)C=O)cc3[C@@]1(C)CCN2CC1CC1. The van der Waals surface area contributed by atoms with Gasteiger partial charge in [0.1, 0.15) is 0 Å². The number of likely N-dealkylation sites (tertiary alicyclic amines) is 1. The van der Waals surface area contributed by atoms with Gasteiger partial charge in [-0.2, -0.15) is 0 Å². The average molecular weight is 312 g/mol. The van der Waals surface area contributed by atoms with E-state index in [9.17, 15) is 4.79 Å². The molecule has 1 saturated carbocycles. The molecule has 3 atom stereocenters. The largest absolute Gasteiger partial charge is 0.318 e. The van der Waals surface area contributed by atoms with E-state index in [4.69, 9.17) is 0 Å². The highest BCUT2D eigenvalue weighted by Gasteiger charge is 2.49. The zero-order valence-corrected chi connectivity index (χ0v) is 14.6. The normalized spacial score (nSPS) is 33.2. The molecule has 3 heteroatoms. The Morgan fingerprint density at radius 3 is 2.87 bits per heavy atom. The molecule has 4 rings (SSSR count). The summed E-state index contributed by atoms with van der Waals surface area (Å²) in [4.78, 5) is 15.6. The molecule has 23 heavy (non-hydrogen) atoms. The highest BCUT2D eigenvalue weighted by Crippen LogP contribution is 2.50. The van der Waals surface area contributed by atoms with Crippen molar-refractivity contribution in [1.82, 2.24) is 4.90 Å². The van der Waals surface area contributed by atoms with Crippen LogP contribution in [0.5, 0.6) is 0 Å². The zero-order chi connectivity index (χ0) is 16.2. The van der Waals surface area contributed by atoms with E-state index >= 15 is 0 Å². The van der Waals surface area contributed by atoms with Crippen LogP contribution in [0.15, 0.2) is 18.2 Å². The van der Waals surface area contributed by atoms with Gasteiger partial charge in [-0.15, -0.1) is 0 Å². The summed E-state index contributed by atoms with van der Waals surface area (Å²) in [5.41, 5.74) is 4.25. The molecular weight excluding hydrogens is 284 g/mol. The van der Waals surface area contributed by atoms with E-state index in [0.29, 0.717) is 12.0 Å². The van der Waals surface area contributed by atoms with E-state index < -0.39 is 0 Å². The Balaban J connectivity index is 1.69. The number of carbonyl (C=O) groups excluding carboxylic acids is 1. The third kappa shape index (κ3) is 2.40. The summed E-state index contributed by atoms with van der Waals surface area (Å²) < 4.78 is 0. The minimum Gasteiger partial charge on any atom is -0.318 e. The molecule has 3 aliphatic rings. The Kier molecular flexibility index (Phi) is 3.53. The van der Waals surface area contributed by atoms with Crippen LogP contribution in [-0.4, -0.2) is 37.5 Å². The Morgan fingerprint density at radius 2 is 2.17 bits per heavy atom. The molecule has 2 bridgehead atoms. The van der Waals surface area contributed by atoms with E-state index in [1.54, 1.807) is 4.90 Å². The molecule has 3 nitrogen and oxygen atoms in total. The molecule has 1 aromatic carbocycles. The smallest absolute Gasteiger partial charge is 0.213 e. The fourth-order valence-electron chi connectivity index (χ4n) is 4.83. The van der Waals surface area contributed by atoms with Crippen LogP contribution in [0.25, 0.3) is 0 Å². The van der Waals surface area contributed by atoms with Crippen molar-refractivity contribution in [3.8, 4) is 0 Å². The highest BCUT2D eigenvalue weighted by molar-refractivity contribution is 5.75. The summed E-state index contributed by atoms with van der Waals surface area (Å²) in [7, 11) is 1.84. The van der Waals surface area contributed by atoms with Crippen molar-refractivity contribution >= 4 is 12.1 Å². The number of piperidine rings is 1. The number of carbonyl (C=O) groups is 1. The van der Waals surface area contributed by atoms with Gasteiger partial charge in [-0.25, -0.2) is 0 Å². The van der Waals surface area contributed by atoms with Crippen LogP contribution in [0.1, 0.15) is 44.2 Å². The number of hydrogen-bond acceptors (Lipinski definition) is 2. The van der Waals surface area contributed by atoms with Crippen molar-refractivity contribution in [2.45, 2.75) is 51.0 Å². The van der Waals surface area contributed by atoms with Crippen molar-refractivity contribution in [2.75, 3.05) is 25.0 Å². The molecule has 0 aromatic heterocycles. The predicted molar refractivity (Wildman–Crippen MR) is 93.8 cm³/mol. The number of benzene rings is 1. The Morgan fingerprint density at radius 1 is 1.39 bits per heavy atom. The van der Waals surface area contributed by atoms with Crippen LogP contribution in [0.3, 0.4) is 0 Å². The average Bonchev–Trinajstić information content (AvgIpc) is 3.36. The number of nitrogens with zero attached hydrogens (tertiary/aromatic N) is 2. The van der Waals surface area contributed by atoms with E-state index in [-0.39, 0.29) is 5.41 Å². The number of amides is 1. The number of rotatable bonds is 4. The van der Waals surface area contributed by atoms with Crippen LogP contribution in [0, 0.1) is 11.8 Å². The molecule has 2 fully saturated rings. The van der Waals surface area contributed by atoms with E-state index in [2.05, 4.69) is 36.9 Å². The van der Waals surface area contributed by atoms with Crippen LogP contribution in [0.2, 0.25) is 0 Å². The first-order valence-electron chi connectivity index (χ1n) is 9.08. The second-order valence-corrected chi connectivity index (χ2v) is 8.22. The molecule has 1 aliphatic heterocycles. The maximum Gasteiger partial charge on any atom is 0.213 e. The Labute approximate surface area is 139 Å². The van der Waals surface area contributed by atoms with E-state index in [0.717, 1.165) is 18.0 Å². The third-order valence-corrected chi connectivity index (χ3v) is 6.86. The minimum absolute atomic E-state index is 0.248. The van der Waals surface area contributed by atoms with Crippen molar-refractivity contribution in [3.05, 3.63) is 29.3 Å². The lowest BCUT2D eigenvalue weighted by Crippen LogP contribution is -2.58. The van der Waals surface area contributed by atoms with Crippen LogP contribution in [0.4, 0.5) is 5.69 Å². The van der Waals surface area contributed by atoms with Gasteiger partial charge < -0.3 is 4.90 Å².